The number of benzene rings is 8. The lowest BCUT2D eigenvalue weighted by Gasteiger charge is -2.23. The fraction of sp³-hybridized carbons (Fsp3) is 0.308. The predicted molar refractivity (Wildman–Crippen MR) is 445 cm³/mol. The number of carboxylic acid groups (broad SMARTS) is 3. The highest BCUT2D eigenvalue weighted by Gasteiger charge is 2.34. The van der Waals surface area contributed by atoms with Gasteiger partial charge in [-0.15, -0.1) is 0 Å². The smallest absolute Gasteiger partial charge is 0.354 e. The molecule has 4 unspecified atom stereocenters. The maximum Gasteiger partial charge on any atom is 0.354 e. The van der Waals surface area contributed by atoms with Gasteiger partial charge in [-0.25, -0.2) is 52.0 Å². The zero-order valence-corrected chi connectivity index (χ0v) is 69.6. The number of aromatic amines is 1. The molecule has 0 radical (unpaired) electrons. The van der Waals surface area contributed by atoms with E-state index in [1.165, 1.54) is 86.5 Å². The van der Waals surface area contributed by atoms with E-state index < -0.39 is 71.1 Å². The van der Waals surface area contributed by atoms with E-state index in [1.54, 1.807) is 79.7 Å². The number of halogens is 5. The van der Waals surface area contributed by atoms with Gasteiger partial charge in [0.15, 0.2) is 29.5 Å². The zero-order chi connectivity index (χ0) is 86.3. The van der Waals surface area contributed by atoms with E-state index in [1.807, 2.05) is 58.7 Å². The summed E-state index contributed by atoms with van der Waals surface area (Å²) in [5.74, 6) is -6.02. The second-order valence-corrected chi connectivity index (χ2v) is 37.3. The van der Waals surface area contributed by atoms with Crippen molar-refractivity contribution < 1.29 is 96.0 Å². The average molecular weight is 1700 g/mol. The minimum absolute atomic E-state index is 0.0943. The van der Waals surface area contributed by atoms with Crippen molar-refractivity contribution >= 4 is 114 Å². The molecular formula is C91H90F5N5O16S3. The van der Waals surface area contributed by atoms with Crippen molar-refractivity contribution in [2.45, 2.75) is 139 Å². The lowest BCUT2D eigenvalue weighted by atomic mass is 9.93. The van der Waals surface area contributed by atoms with Crippen molar-refractivity contribution in [1.82, 2.24) is 23.3 Å². The molecule has 4 aliphatic rings. The van der Waals surface area contributed by atoms with E-state index in [0.29, 0.717) is 102 Å². The molecule has 0 aliphatic carbocycles. The molecule has 0 spiro atoms. The first-order valence-electron chi connectivity index (χ1n) is 39.1. The summed E-state index contributed by atoms with van der Waals surface area (Å²) < 4.78 is 157. The molecule has 4 atom stereocenters. The first kappa shape index (κ1) is 86.2. The molecule has 0 fully saturated rings. The van der Waals surface area contributed by atoms with Crippen molar-refractivity contribution in [3.63, 3.8) is 0 Å². The number of aromatic nitrogens is 5. The molecule has 4 aliphatic heterocycles. The maximum atomic E-state index is 14.0. The number of nitrogens with zero attached hydrogens (tertiary/aromatic N) is 4. The number of methoxy groups -OCH3 is 1. The monoisotopic (exact) mass is 1700 g/mol. The van der Waals surface area contributed by atoms with Gasteiger partial charge in [0.2, 0.25) is 0 Å². The normalized spacial score (nSPS) is 16.2. The Morgan fingerprint density at radius 1 is 0.417 bits per heavy atom. The molecule has 21 nitrogen and oxygen atoms in total. The third-order valence-electron chi connectivity index (χ3n) is 23.2. The van der Waals surface area contributed by atoms with Crippen LogP contribution in [0.25, 0.3) is 54.5 Å². The molecule has 8 aromatic carbocycles. The molecule has 4 N–H and O–H groups in total. The second kappa shape index (κ2) is 34.9. The van der Waals surface area contributed by atoms with Crippen LogP contribution in [-0.2, 0) is 129 Å². The van der Waals surface area contributed by atoms with Gasteiger partial charge in [-0.3, -0.25) is 19.2 Å². The van der Waals surface area contributed by atoms with Crippen LogP contribution in [0.1, 0.15) is 116 Å². The van der Waals surface area contributed by atoms with Crippen LogP contribution in [0.4, 0.5) is 22.0 Å². The number of carboxylic acids is 3. The van der Waals surface area contributed by atoms with E-state index in [0.717, 1.165) is 135 Å². The number of rotatable bonds is 15. The number of carbonyl (C=O) groups is 5. The molecule has 0 amide bonds. The summed E-state index contributed by atoms with van der Waals surface area (Å²) in [6.45, 7) is 9.41. The molecule has 120 heavy (non-hydrogen) atoms. The van der Waals surface area contributed by atoms with Gasteiger partial charge >= 0.3 is 29.8 Å². The van der Waals surface area contributed by atoms with Crippen molar-refractivity contribution in [3.8, 4) is 0 Å². The van der Waals surface area contributed by atoms with E-state index in [2.05, 4.69) is 9.55 Å². The van der Waals surface area contributed by atoms with E-state index in [9.17, 15) is 86.5 Å². The Balaban J connectivity index is 0.000000132. The number of aliphatic carboxylic acids is 3. The highest BCUT2D eigenvalue weighted by Crippen LogP contribution is 2.40. The minimum atomic E-state index is -3.28. The molecule has 628 valence electrons. The standard InChI is InChI=1S/3C22H22FNO4S.C14H14FNO2.C11H10FNO2/c3*1-13-9-17(29(2,27)28)6-3-14(13)10-18-19-11-16(23)5-8-21(19)24-12-15(22(25)26)4-7-20(18)24;1-18-14(17)9-2-4-12-7-10-6-11(15)3-5-13(10)16(12)8-9;1-2-15-11(14)10-6-7-5-8(12)3-4-9(7)13-10/h3*3,5-6,8-9,11,15H,4,7,10,12H2,1-2H3,(H,25,26);3,5-7,9H,2,4,8H2,1H3;3-6,13H,2H2,1H3. The number of sulfone groups is 3. The summed E-state index contributed by atoms with van der Waals surface area (Å²) >= 11 is 0. The van der Waals surface area contributed by atoms with Gasteiger partial charge in [0.1, 0.15) is 34.8 Å². The molecule has 0 saturated carbocycles. The summed E-state index contributed by atoms with van der Waals surface area (Å²) in [6, 6.07) is 41.7. The van der Waals surface area contributed by atoms with Gasteiger partial charge in [-0.2, -0.15) is 0 Å². The predicted octanol–water partition coefficient (Wildman–Crippen LogP) is 16.2. The Morgan fingerprint density at radius 2 is 0.758 bits per heavy atom. The van der Waals surface area contributed by atoms with Crippen molar-refractivity contribution in [1.29, 1.82) is 0 Å². The molecular weight excluding hydrogens is 1610 g/mol. The maximum absolute atomic E-state index is 14.0. The molecule has 9 heterocycles. The van der Waals surface area contributed by atoms with Crippen molar-refractivity contribution in [3.05, 3.63) is 265 Å². The van der Waals surface area contributed by atoms with Crippen LogP contribution in [-0.4, -0.2) is 126 Å². The third-order valence-corrected chi connectivity index (χ3v) is 26.6. The van der Waals surface area contributed by atoms with Gasteiger partial charge in [0, 0.05) is 141 Å². The fourth-order valence-electron chi connectivity index (χ4n) is 16.9. The highest BCUT2D eigenvalue weighted by molar-refractivity contribution is 7.91. The van der Waals surface area contributed by atoms with Gasteiger partial charge in [0.25, 0.3) is 0 Å². The lowest BCUT2D eigenvalue weighted by Crippen LogP contribution is -2.27. The average Bonchev–Trinajstić information content (AvgIpc) is 1.63. The number of esters is 2. The largest absolute Gasteiger partial charge is 0.481 e. The number of carbonyl (C=O) groups excluding carboxylic acids is 2. The van der Waals surface area contributed by atoms with Crippen LogP contribution in [0.3, 0.4) is 0 Å². The SMILES string of the molecule is CCOC(=O)c1cc2cc(F)ccc2[nH]1.COC(=O)C1CCc2cc3cc(F)ccc3n2C1.Cc1cc(S(C)(=O)=O)ccc1Cc1c2n(c3ccc(F)cc13)CC(C(=O)O)CC2.Cc1cc(S(C)(=O)=O)ccc1Cc1c2n(c3ccc(F)cc13)CC(C(=O)O)CC2.Cc1cc(S(C)(=O)=O)ccc1Cc1c2n(c3ccc(F)cc13)CC(C(=O)O)CC2. The Morgan fingerprint density at radius 3 is 1.11 bits per heavy atom. The minimum Gasteiger partial charge on any atom is -0.481 e. The van der Waals surface area contributed by atoms with Crippen molar-refractivity contribution in [2.24, 2.45) is 23.7 Å². The first-order chi connectivity index (χ1) is 56.8. The topological polar surface area (TPSA) is 302 Å². The summed E-state index contributed by atoms with van der Waals surface area (Å²) in [4.78, 5) is 61.1. The second-order valence-electron chi connectivity index (χ2n) is 31.3. The zero-order valence-electron chi connectivity index (χ0n) is 67.2. The Kier molecular flexibility index (Phi) is 25.1. The van der Waals surface area contributed by atoms with Crippen molar-refractivity contribution in [2.75, 3.05) is 32.5 Å². The number of aryl methyl sites for hydroxylation is 4. The molecule has 17 rings (SSSR count). The van der Waals surface area contributed by atoms with Crippen LogP contribution in [0, 0.1) is 73.5 Å². The van der Waals surface area contributed by atoms with Crippen LogP contribution >= 0.6 is 0 Å². The summed E-state index contributed by atoms with van der Waals surface area (Å²) in [6.07, 6.45) is 10.3. The van der Waals surface area contributed by atoms with Gasteiger partial charge in [-0.1, -0.05) is 18.2 Å². The number of H-pyrrole nitrogens is 1. The Labute approximate surface area is 689 Å². The third kappa shape index (κ3) is 18.7. The molecule has 0 saturated heterocycles. The van der Waals surface area contributed by atoms with Gasteiger partial charge < -0.3 is 48.0 Å². The number of nitrogens with one attached hydrogen (secondary N) is 1. The molecule has 29 heteroatoms. The summed E-state index contributed by atoms with van der Waals surface area (Å²) in [5, 5.41) is 32.2. The van der Waals surface area contributed by atoms with Gasteiger partial charge in [0.05, 0.1) is 52.1 Å². The molecule has 5 aromatic heterocycles. The molecule has 0 bridgehead atoms. The van der Waals surface area contributed by atoms with Crippen LogP contribution in [0.5, 0.6) is 0 Å². The summed E-state index contributed by atoms with van der Waals surface area (Å²) in [5.41, 5.74) is 17.3. The van der Waals surface area contributed by atoms with Crippen LogP contribution < -0.4 is 0 Å². The van der Waals surface area contributed by atoms with Crippen LogP contribution in [0.2, 0.25) is 0 Å². The van der Waals surface area contributed by atoms with E-state index in [-0.39, 0.29) is 55.7 Å². The summed E-state index contributed by atoms with van der Waals surface area (Å²) in [7, 11) is -8.43. The molecule has 13 aromatic rings. The quantitative estimate of drug-likeness (QED) is 0.0548. The first-order valence-corrected chi connectivity index (χ1v) is 44.8. The highest BCUT2D eigenvalue weighted by atomic mass is 32.2. The Hall–Kier alpha value is -11.7. The number of ether oxygens (including phenoxy) is 2. The Bertz CT molecular complexity index is 6170. The van der Waals surface area contributed by atoms with Crippen LogP contribution in [0.15, 0.2) is 172 Å². The number of hydrogen-bond acceptors (Lipinski definition) is 13. The fourth-order valence-corrected chi connectivity index (χ4v) is 19.0. The lowest BCUT2D eigenvalue weighted by molar-refractivity contribution is -0.146. The van der Waals surface area contributed by atoms with E-state index >= 15 is 0 Å². The van der Waals surface area contributed by atoms with Gasteiger partial charge in [-0.05, 0) is 269 Å². The van der Waals surface area contributed by atoms with E-state index in [4.69, 9.17) is 9.47 Å². The number of fused-ring (bicyclic) bond motifs is 13. The number of hydrogen-bond donors (Lipinski definition) is 4.